The first-order valence-electron chi connectivity index (χ1n) is 6.56. The van der Waals surface area contributed by atoms with Crippen LogP contribution in [0.15, 0.2) is 18.2 Å². The number of aryl methyl sites for hydroxylation is 1. The number of nitrogens with zero attached hydrogens (tertiary/aromatic N) is 1. The minimum Gasteiger partial charge on any atom is -0.478 e. The number of carboxylic acid groups (broad SMARTS) is 1. The van der Waals surface area contributed by atoms with E-state index in [4.69, 9.17) is 5.11 Å². The first-order valence-corrected chi connectivity index (χ1v) is 6.56. The molecule has 0 spiro atoms. The molecule has 0 unspecified atom stereocenters. The van der Waals surface area contributed by atoms with Gasteiger partial charge in [0.15, 0.2) is 0 Å². The number of rotatable bonds is 5. The van der Waals surface area contributed by atoms with E-state index in [1.54, 1.807) is 30.0 Å². The first kappa shape index (κ1) is 14.3. The molecular weight excluding hydrogens is 260 g/mol. The number of carbonyl (C=O) groups excluding carboxylic acids is 1. The lowest BCUT2D eigenvalue weighted by molar-refractivity contribution is 0.0697. The number of carbonyl (C=O) groups is 2. The van der Waals surface area contributed by atoms with Gasteiger partial charge in [-0.05, 0) is 31.4 Å². The number of aliphatic hydroxyl groups excluding tert-OH is 1. The molecule has 0 atom stereocenters. The number of benzene rings is 1. The van der Waals surface area contributed by atoms with Crippen LogP contribution < -0.4 is 5.32 Å². The Morgan fingerprint density at radius 2 is 2.10 bits per heavy atom. The van der Waals surface area contributed by atoms with Crippen molar-refractivity contribution in [2.75, 3.05) is 18.5 Å². The minimum absolute atomic E-state index is 0.0978. The molecule has 2 amide bonds. The maximum Gasteiger partial charge on any atom is 0.338 e. The average Bonchev–Trinajstić information content (AvgIpc) is 3.19. The van der Waals surface area contributed by atoms with Crippen molar-refractivity contribution in [3.8, 4) is 0 Å². The summed E-state index contributed by atoms with van der Waals surface area (Å²) in [4.78, 5) is 25.0. The van der Waals surface area contributed by atoms with Crippen LogP contribution in [-0.4, -0.2) is 46.3 Å². The Morgan fingerprint density at radius 1 is 1.40 bits per heavy atom. The van der Waals surface area contributed by atoms with Gasteiger partial charge >= 0.3 is 12.0 Å². The number of hydrogen-bond acceptors (Lipinski definition) is 3. The third-order valence-corrected chi connectivity index (χ3v) is 3.32. The van der Waals surface area contributed by atoms with E-state index in [2.05, 4.69) is 5.32 Å². The predicted molar refractivity (Wildman–Crippen MR) is 74.0 cm³/mol. The fourth-order valence-corrected chi connectivity index (χ4v) is 2.19. The van der Waals surface area contributed by atoms with E-state index in [1.165, 1.54) is 0 Å². The molecule has 1 aromatic rings. The molecular formula is C14H18N2O4. The van der Waals surface area contributed by atoms with E-state index in [0.29, 0.717) is 5.56 Å². The van der Waals surface area contributed by atoms with E-state index in [-0.39, 0.29) is 36.5 Å². The van der Waals surface area contributed by atoms with Crippen LogP contribution in [0.2, 0.25) is 0 Å². The summed E-state index contributed by atoms with van der Waals surface area (Å²) in [5.41, 5.74) is 0.974. The van der Waals surface area contributed by atoms with E-state index in [1.807, 2.05) is 0 Å². The van der Waals surface area contributed by atoms with Gasteiger partial charge in [0.25, 0.3) is 0 Å². The van der Waals surface area contributed by atoms with Crippen molar-refractivity contribution in [1.29, 1.82) is 0 Å². The lowest BCUT2D eigenvalue weighted by atomic mass is 10.1. The molecule has 0 bridgehead atoms. The van der Waals surface area contributed by atoms with Crippen molar-refractivity contribution in [2.24, 2.45) is 0 Å². The summed E-state index contributed by atoms with van der Waals surface area (Å²) >= 11 is 0. The molecule has 0 heterocycles. The van der Waals surface area contributed by atoms with E-state index >= 15 is 0 Å². The zero-order chi connectivity index (χ0) is 14.7. The van der Waals surface area contributed by atoms with Crippen LogP contribution in [0.5, 0.6) is 0 Å². The molecule has 1 fully saturated rings. The molecule has 1 aromatic carbocycles. The van der Waals surface area contributed by atoms with Gasteiger partial charge in [-0.3, -0.25) is 0 Å². The van der Waals surface area contributed by atoms with Crippen molar-refractivity contribution >= 4 is 17.7 Å². The summed E-state index contributed by atoms with van der Waals surface area (Å²) in [6.07, 6.45) is 1.85. The number of nitrogens with one attached hydrogen (secondary N) is 1. The van der Waals surface area contributed by atoms with Gasteiger partial charge in [0, 0.05) is 12.6 Å². The van der Waals surface area contributed by atoms with E-state index < -0.39 is 5.97 Å². The maximum absolute atomic E-state index is 12.2. The topological polar surface area (TPSA) is 89.9 Å². The Bertz CT molecular complexity index is 526. The fraction of sp³-hybridized carbons (Fsp3) is 0.429. The second-order valence-corrected chi connectivity index (χ2v) is 4.88. The lowest BCUT2D eigenvalue weighted by Crippen LogP contribution is -2.39. The highest BCUT2D eigenvalue weighted by Crippen LogP contribution is 2.28. The van der Waals surface area contributed by atoms with Gasteiger partial charge in [-0.15, -0.1) is 0 Å². The maximum atomic E-state index is 12.2. The standard InChI is InChI=1S/C14H18N2O4/c1-9-3-2-4-11(12(9)13(18)19)15-14(20)16(7-8-17)10-5-6-10/h2-4,10,17H,5-8H2,1H3,(H,15,20)(H,18,19). The summed E-state index contributed by atoms with van der Waals surface area (Å²) in [5, 5.41) is 20.9. The largest absolute Gasteiger partial charge is 0.478 e. The molecule has 6 heteroatoms. The quantitative estimate of drug-likeness (QED) is 0.764. The predicted octanol–water partition coefficient (Wildman–Crippen LogP) is 1.68. The van der Waals surface area contributed by atoms with Crippen molar-refractivity contribution < 1.29 is 19.8 Å². The molecule has 0 radical (unpaired) electrons. The number of carboxylic acids is 1. The second kappa shape index (κ2) is 5.92. The molecule has 2 rings (SSSR count). The van der Waals surface area contributed by atoms with Gasteiger partial charge in [0.1, 0.15) is 0 Å². The lowest BCUT2D eigenvalue weighted by Gasteiger charge is -2.22. The Kier molecular flexibility index (Phi) is 4.24. The Hall–Kier alpha value is -2.08. The number of aliphatic hydroxyl groups is 1. The summed E-state index contributed by atoms with van der Waals surface area (Å²) in [5.74, 6) is -1.07. The van der Waals surface area contributed by atoms with Crippen LogP contribution in [0.4, 0.5) is 10.5 Å². The SMILES string of the molecule is Cc1cccc(NC(=O)N(CCO)C2CC2)c1C(=O)O. The first-order chi connectivity index (χ1) is 9.54. The highest BCUT2D eigenvalue weighted by molar-refractivity contribution is 6.01. The monoisotopic (exact) mass is 278 g/mol. The van der Waals surface area contributed by atoms with Crippen LogP contribution in [0.1, 0.15) is 28.8 Å². The molecule has 1 aliphatic carbocycles. The average molecular weight is 278 g/mol. The summed E-state index contributed by atoms with van der Waals surface area (Å²) in [6.45, 7) is 1.83. The molecule has 1 aliphatic rings. The van der Waals surface area contributed by atoms with Crippen LogP contribution in [-0.2, 0) is 0 Å². The molecule has 3 N–H and O–H groups in total. The van der Waals surface area contributed by atoms with E-state index in [0.717, 1.165) is 12.8 Å². The zero-order valence-electron chi connectivity index (χ0n) is 11.3. The number of anilines is 1. The Labute approximate surface area is 117 Å². The molecule has 0 saturated heterocycles. The Balaban J connectivity index is 2.18. The third kappa shape index (κ3) is 3.08. The molecule has 0 aromatic heterocycles. The van der Waals surface area contributed by atoms with Gasteiger partial charge in [0.2, 0.25) is 0 Å². The van der Waals surface area contributed by atoms with Crippen molar-refractivity contribution in [1.82, 2.24) is 4.90 Å². The Morgan fingerprint density at radius 3 is 2.65 bits per heavy atom. The fourth-order valence-electron chi connectivity index (χ4n) is 2.19. The van der Waals surface area contributed by atoms with Gasteiger partial charge < -0.3 is 20.4 Å². The minimum atomic E-state index is -1.07. The van der Waals surface area contributed by atoms with Gasteiger partial charge in [-0.1, -0.05) is 12.1 Å². The van der Waals surface area contributed by atoms with Gasteiger partial charge in [-0.25, -0.2) is 9.59 Å². The molecule has 108 valence electrons. The summed E-state index contributed by atoms with van der Waals surface area (Å²) in [6, 6.07) is 4.74. The number of aromatic carboxylic acids is 1. The smallest absolute Gasteiger partial charge is 0.338 e. The number of hydrogen-bond donors (Lipinski definition) is 3. The third-order valence-electron chi connectivity index (χ3n) is 3.32. The van der Waals surface area contributed by atoms with Crippen molar-refractivity contribution in [2.45, 2.75) is 25.8 Å². The van der Waals surface area contributed by atoms with Crippen LogP contribution in [0, 0.1) is 6.92 Å². The normalized spacial score (nSPS) is 13.9. The highest BCUT2D eigenvalue weighted by atomic mass is 16.4. The van der Waals surface area contributed by atoms with Gasteiger partial charge in [0.05, 0.1) is 17.9 Å². The van der Waals surface area contributed by atoms with Crippen molar-refractivity contribution in [3.63, 3.8) is 0 Å². The van der Waals surface area contributed by atoms with Crippen molar-refractivity contribution in [3.05, 3.63) is 29.3 Å². The number of urea groups is 1. The van der Waals surface area contributed by atoms with Crippen LogP contribution in [0.3, 0.4) is 0 Å². The van der Waals surface area contributed by atoms with Crippen LogP contribution in [0.25, 0.3) is 0 Å². The summed E-state index contributed by atoms with van der Waals surface area (Å²) in [7, 11) is 0. The molecule has 6 nitrogen and oxygen atoms in total. The zero-order valence-corrected chi connectivity index (χ0v) is 11.3. The highest BCUT2D eigenvalue weighted by Gasteiger charge is 2.32. The molecule has 20 heavy (non-hydrogen) atoms. The van der Waals surface area contributed by atoms with Gasteiger partial charge in [-0.2, -0.15) is 0 Å². The van der Waals surface area contributed by atoms with Crippen LogP contribution >= 0.6 is 0 Å². The van der Waals surface area contributed by atoms with E-state index in [9.17, 15) is 14.7 Å². The summed E-state index contributed by atoms with van der Waals surface area (Å²) < 4.78 is 0. The molecule has 0 aliphatic heterocycles. The molecule has 1 saturated carbocycles. The number of amides is 2. The second-order valence-electron chi connectivity index (χ2n) is 4.88.